The summed E-state index contributed by atoms with van der Waals surface area (Å²) in [5.41, 5.74) is -0.0368. The summed E-state index contributed by atoms with van der Waals surface area (Å²) in [6.07, 6.45) is -7.59. The Labute approximate surface area is 194 Å². The van der Waals surface area contributed by atoms with E-state index < -0.39 is 49.9 Å². The molecule has 0 spiro atoms. The Balaban J connectivity index is 2.76. The van der Waals surface area contributed by atoms with Gasteiger partial charge in [0.25, 0.3) is 5.82 Å². The van der Waals surface area contributed by atoms with Crippen LogP contribution in [-0.2, 0) is 22.9 Å². The summed E-state index contributed by atoms with van der Waals surface area (Å²) < 4.78 is 201. The lowest BCUT2D eigenvalue weighted by Crippen LogP contribution is -2.71. The quantitative estimate of drug-likeness (QED) is 0.300. The fourth-order valence-corrected chi connectivity index (χ4v) is 4.76. The third-order valence-electron chi connectivity index (χ3n) is 5.49. The Morgan fingerprint density at radius 1 is 0.778 bits per heavy atom. The summed E-state index contributed by atoms with van der Waals surface area (Å²) in [6, 6.07) is 1.38. The summed E-state index contributed by atoms with van der Waals surface area (Å²) in [4.78, 5) is -1.81. The maximum atomic E-state index is 14.4. The smallest absolute Gasteiger partial charge is 0.228 e. The van der Waals surface area contributed by atoms with Crippen LogP contribution in [0.5, 0.6) is 0 Å². The molecule has 0 bridgehead atoms. The van der Waals surface area contributed by atoms with Crippen molar-refractivity contribution in [2.45, 2.75) is 73.9 Å². The van der Waals surface area contributed by atoms with Crippen molar-refractivity contribution >= 4 is 20.9 Å². The van der Waals surface area contributed by atoms with Crippen LogP contribution in [0, 0.1) is 6.92 Å². The minimum absolute atomic E-state index is 0.0577. The number of alkyl halides is 13. The number of aryl methyl sites for hydroxylation is 2. The van der Waals surface area contributed by atoms with E-state index in [-0.39, 0.29) is 30.2 Å². The number of imidazole rings is 1. The van der Waals surface area contributed by atoms with Gasteiger partial charge in [-0.15, -0.1) is 0 Å². The number of sulfone groups is 1. The van der Waals surface area contributed by atoms with E-state index in [1.165, 1.54) is 23.0 Å². The van der Waals surface area contributed by atoms with Gasteiger partial charge in [0.05, 0.1) is 18.0 Å². The Bertz CT molecular complexity index is 1260. The highest BCUT2D eigenvalue weighted by Gasteiger charge is 2.92. The van der Waals surface area contributed by atoms with E-state index in [1.54, 1.807) is 6.92 Å². The number of fused-ring (bicyclic) bond motifs is 1. The number of aromatic nitrogens is 2. The van der Waals surface area contributed by atoms with E-state index in [0.29, 0.717) is 11.9 Å². The van der Waals surface area contributed by atoms with Crippen molar-refractivity contribution in [2.24, 2.45) is 0 Å². The van der Waals surface area contributed by atoms with Crippen molar-refractivity contribution in [2.75, 3.05) is 0 Å². The van der Waals surface area contributed by atoms with Crippen LogP contribution in [0.3, 0.4) is 0 Å². The summed E-state index contributed by atoms with van der Waals surface area (Å²) in [6.45, 7) is 4.91. The van der Waals surface area contributed by atoms with Gasteiger partial charge in [0.15, 0.2) is 11.0 Å². The number of rotatable bonds is 8. The van der Waals surface area contributed by atoms with E-state index in [1.807, 2.05) is 0 Å². The first-order valence-corrected chi connectivity index (χ1v) is 11.1. The Hall–Kier alpha value is -2.27. The number of benzene rings is 1. The van der Waals surface area contributed by atoms with Gasteiger partial charge in [0, 0.05) is 13.0 Å². The van der Waals surface area contributed by atoms with Crippen LogP contribution in [0.15, 0.2) is 23.1 Å². The molecule has 0 saturated heterocycles. The van der Waals surface area contributed by atoms with Crippen molar-refractivity contribution in [3.05, 3.63) is 24.0 Å². The van der Waals surface area contributed by atoms with Gasteiger partial charge < -0.3 is 0 Å². The maximum absolute atomic E-state index is 14.4. The summed E-state index contributed by atoms with van der Waals surface area (Å²) in [5, 5.41) is -7.28. The topological polar surface area (TPSA) is 43.0 Å². The van der Waals surface area contributed by atoms with Gasteiger partial charge in [-0.3, -0.25) is 0 Å². The highest BCUT2D eigenvalue weighted by atomic mass is 32.2. The fourth-order valence-electron chi connectivity index (χ4n) is 3.48. The van der Waals surface area contributed by atoms with Crippen LogP contribution in [0.25, 0.3) is 11.0 Å². The van der Waals surface area contributed by atoms with Gasteiger partial charge in [-0.25, -0.2) is 17.6 Å². The maximum Gasteiger partial charge on any atom is 0.460 e. The Kier molecular flexibility index (Phi) is 6.97. The van der Waals surface area contributed by atoms with Crippen molar-refractivity contribution in [3.8, 4) is 0 Å². The second-order valence-electron chi connectivity index (χ2n) is 7.50. The molecule has 2 aromatic rings. The van der Waals surface area contributed by atoms with Crippen LogP contribution in [0.4, 0.5) is 57.1 Å². The molecular formula is C18H16F13N2O2S+. The molecule has 2 rings (SSSR count). The molecule has 4 nitrogen and oxygen atoms in total. The first-order chi connectivity index (χ1) is 15.9. The molecule has 0 aliphatic carbocycles. The Morgan fingerprint density at radius 3 is 1.67 bits per heavy atom. The van der Waals surface area contributed by atoms with Crippen LogP contribution in [0.1, 0.15) is 19.7 Å². The first kappa shape index (κ1) is 30.0. The molecule has 0 amide bonds. The van der Waals surface area contributed by atoms with Crippen molar-refractivity contribution in [3.63, 3.8) is 0 Å². The van der Waals surface area contributed by atoms with Crippen molar-refractivity contribution < 1.29 is 70.1 Å². The monoisotopic (exact) mass is 571 g/mol. The standard InChI is InChI=1S/C18H16F13N2O2S/c1-4-32-9(3)33(5-2)12-8-10(6-7-11(12)32)36(34,35)18(30,31)16(25,26)14(21,22)13(19,20)15(23,24)17(27,28)29/h6-8H,4-5H2,1-3H3/q+1. The molecule has 1 aromatic heterocycles. The summed E-state index contributed by atoms with van der Waals surface area (Å²) >= 11 is 0. The molecule has 0 fully saturated rings. The zero-order valence-electron chi connectivity index (χ0n) is 18.2. The number of nitrogens with zero attached hydrogens (tertiary/aromatic N) is 2. The van der Waals surface area contributed by atoms with Crippen LogP contribution in [-0.4, -0.2) is 48.1 Å². The second kappa shape index (κ2) is 8.37. The molecule has 0 radical (unpaired) electrons. The van der Waals surface area contributed by atoms with Gasteiger partial charge >= 0.3 is 35.1 Å². The molecule has 0 aliphatic heterocycles. The second-order valence-corrected chi connectivity index (χ2v) is 9.49. The number of hydrogen-bond donors (Lipinski definition) is 0. The predicted molar refractivity (Wildman–Crippen MR) is 96.2 cm³/mol. The van der Waals surface area contributed by atoms with E-state index in [0.717, 1.165) is 6.07 Å². The van der Waals surface area contributed by atoms with E-state index in [9.17, 15) is 65.5 Å². The number of hydrogen-bond acceptors (Lipinski definition) is 2. The van der Waals surface area contributed by atoms with Crippen molar-refractivity contribution in [1.29, 1.82) is 0 Å². The molecule has 18 heteroatoms. The first-order valence-electron chi connectivity index (χ1n) is 9.63. The van der Waals surface area contributed by atoms with Gasteiger partial charge in [0.2, 0.25) is 9.84 Å². The highest BCUT2D eigenvalue weighted by molar-refractivity contribution is 7.92. The zero-order valence-corrected chi connectivity index (χ0v) is 19.0. The summed E-state index contributed by atoms with van der Waals surface area (Å²) in [7, 11) is -7.09. The third kappa shape index (κ3) is 3.64. The molecule has 1 aromatic carbocycles. The fraction of sp³-hybridized carbons (Fsp3) is 0.611. The largest absolute Gasteiger partial charge is 0.460 e. The number of halogens is 13. The lowest BCUT2D eigenvalue weighted by atomic mass is 9.98. The minimum atomic E-state index is -8.20. The zero-order chi connectivity index (χ0) is 28.5. The van der Waals surface area contributed by atoms with E-state index in [4.69, 9.17) is 0 Å². The Morgan fingerprint density at radius 2 is 1.25 bits per heavy atom. The van der Waals surface area contributed by atoms with Gasteiger partial charge in [0.1, 0.15) is 0 Å². The van der Waals surface area contributed by atoms with Crippen LogP contribution < -0.4 is 4.57 Å². The molecule has 0 aliphatic rings. The van der Waals surface area contributed by atoms with Gasteiger partial charge in [-0.2, -0.15) is 57.1 Å². The lowest BCUT2D eigenvalue weighted by Gasteiger charge is -2.39. The molecule has 36 heavy (non-hydrogen) atoms. The molecule has 1 heterocycles. The molecule has 0 N–H and O–H groups in total. The van der Waals surface area contributed by atoms with Crippen LogP contribution >= 0.6 is 0 Å². The molecule has 0 atom stereocenters. The third-order valence-corrected chi connectivity index (χ3v) is 7.30. The SMILES string of the molecule is CCn1c(C)[n+](CC)c2ccc(S(=O)(=O)C(F)(F)C(F)(F)C(F)(F)C(F)(F)C(F)(F)C(F)(F)F)cc21. The van der Waals surface area contributed by atoms with E-state index >= 15 is 0 Å². The van der Waals surface area contributed by atoms with E-state index in [2.05, 4.69) is 0 Å². The van der Waals surface area contributed by atoms with Gasteiger partial charge in [-0.1, -0.05) is 0 Å². The summed E-state index contributed by atoms with van der Waals surface area (Å²) in [5.74, 6) is -31.9. The predicted octanol–water partition coefficient (Wildman–Crippen LogP) is 5.75. The van der Waals surface area contributed by atoms with Gasteiger partial charge in [-0.05, 0) is 26.0 Å². The molecular weight excluding hydrogens is 555 g/mol. The molecule has 0 unspecified atom stereocenters. The average molecular weight is 571 g/mol. The molecule has 0 saturated carbocycles. The highest BCUT2D eigenvalue weighted by Crippen LogP contribution is 2.61. The molecule has 206 valence electrons. The average Bonchev–Trinajstić information content (AvgIpc) is 3.01. The van der Waals surface area contributed by atoms with Crippen LogP contribution in [0.2, 0.25) is 0 Å². The normalized spacial score (nSPS) is 15.1. The lowest BCUT2D eigenvalue weighted by molar-refractivity contribution is -0.674. The minimum Gasteiger partial charge on any atom is -0.228 e. The van der Waals surface area contributed by atoms with Crippen molar-refractivity contribution in [1.82, 2.24) is 4.57 Å².